The van der Waals surface area contributed by atoms with Crippen molar-refractivity contribution >= 4 is 5.91 Å². The van der Waals surface area contributed by atoms with Gasteiger partial charge in [-0.15, -0.1) is 0 Å². The number of methoxy groups -OCH3 is 2. The van der Waals surface area contributed by atoms with Gasteiger partial charge in [0, 0.05) is 50.6 Å². The van der Waals surface area contributed by atoms with Crippen molar-refractivity contribution in [3.05, 3.63) is 66.2 Å². The van der Waals surface area contributed by atoms with Crippen LogP contribution >= 0.6 is 0 Å². The highest BCUT2D eigenvalue weighted by atomic mass is 16.5. The van der Waals surface area contributed by atoms with E-state index in [0.29, 0.717) is 24.5 Å². The van der Waals surface area contributed by atoms with Crippen molar-refractivity contribution in [2.45, 2.75) is 25.8 Å². The fourth-order valence-corrected chi connectivity index (χ4v) is 4.16. The van der Waals surface area contributed by atoms with Gasteiger partial charge in [0.15, 0.2) is 11.7 Å². The molecule has 7 nitrogen and oxygen atoms in total. The van der Waals surface area contributed by atoms with Crippen LogP contribution in [0.3, 0.4) is 0 Å². The van der Waals surface area contributed by atoms with E-state index < -0.39 is 0 Å². The van der Waals surface area contributed by atoms with Crippen LogP contribution in [0.4, 0.5) is 0 Å². The number of amides is 1. The maximum atomic E-state index is 12.8. The summed E-state index contributed by atoms with van der Waals surface area (Å²) in [6.07, 6.45) is 2.60. The summed E-state index contributed by atoms with van der Waals surface area (Å²) < 4.78 is 16.4. The Morgan fingerprint density at radius 1 is 1.03 bits per heavy atom. The van der Waals surface area contributed by atoms with E-state index in [1.54, 1.807) is 20.4 Å². The third kappa shape index (κ3) is 5.54. The topological polar surface area (TPSA) is 68.0 Å². The number of hydrogen-bond donors (Lipinski definition) is 0. The van der Waals surface area contributed by atoms with Crippen molar-refractivity contribution in [3.8, 4) is 22.8 Å². The van der Waals surface area contributed by atoms with Gasteiger partial charge in [0.05, 0.1) is 20.4 Å². The zero-order valence-electron chi connectivity index (χ0n) is 19.5. The molecule has 1 aliphatic rings. The lowest BCUT2D eigenvalue weighted by Gasteiger charge is -2.38. The summed E-state index contributed by atoms with van der Waals surface area (Å²) in [6.45, 7) is 5.37. The molecule has 1 fully saturated rings. The Balaban J connectivity index is 1.26. The number of oxazole rings is 1. The number of hydrogen-bond acceptors (Lipinski definition) is 6. The van der Waals surface area contributed by atoms with Crippen LogP contribution in [0.5, 0.6) is 11.5 Å². The number of ether oxygens (including phenoxy) is 2. The van der Waals surface area contributed by atoms with Gasteiger partial charge < -0.3 is 18.8 Å². The minimum absolute atomic E-state index is 0.146. The number of carbonyl (C=O) groups excluding carboxylic acids is 1. The van der Waals surface area contributed by atoms with Crippen molar-refractivity contribution in [1.29, 1.82) is 0 Å². The van der Waals surface area contributed by atoms with Crippen LogP contribution in [0.1, 0.15) is 30.8 Å². The zero-order valence-corrected chi connectivity index (χ0v) is 19.5. The number of carbonyl (C=O) groups is 1. The molecule has 7 heteroatoms. The van der Waals surface area contributed by atoms with Crippen molar-refractivity contribution in [2.24, 2.45) is 0 Å². The normalized spacial score (nSPS) is 15.3. The SMILES string of the molecule is COc1ccc(-c2cnc(CCC(=O)N3CCN(C(C)c4cccc(OC)c4)CC3)o2)cc1. The first-order chi connectivity index (χ1) is 16.1. The molecule has 1 saturated heterocycles. The molecule has 2 aromatic carbocycles. The van der Waals surface area contributed by atoms with Gasteiger partial charge >= 0.3 is 0 Å². The van der Waals surface area contributed by atoms with Crippen molar-refractivity contribution in [2.75, 3.05) is 40.4 Å². The van der Waals surface area contributed by atoms with E-state index >= 15 is 0 Å². The first-order valence-electron chi connectivity index (χ1n) is 11.3. The first-order valence-corrected chi connectivity index (χ1v) is 11.3. The highest BCUT2D eigenvalue weighted by Gasteiger charge is 2.25. The average Bonchev–Trinajstić information content (AvgIpc) is 3.36. The molecule has 0 spiro atoms. The third-order valence-corrected chi connectivity index (χ3v) is 6.27. The number of piperazine rings is 1. The molecular weight excluding hydrogens is 418 g/mol. The molecule has 1 atom stereocenters. The molecule has 4 rings (SSSR count). The molecule has 3 aromatic rings. The second-order valence-corrected chi connectivity index (χ2v) is 8.22. The van der Waals surface area contributed by atoms with E-state index in [-0.39, 0.29) is 11.9 Å². The lowest BCUT2D eigenvalue weighted by Crippen LogP contribution is -2.49. The maximum Gasteiger partial charge on any atom is 0.223 e. The fraction of sp³-hybridized carbons (Fsp3) is 0.385. The lowest BCUT2D eigenvalue weighted by molar-refractivity contribution is -0.133. The van der Waals surface area contributed by atoms with Crippen molar-refractivity contribution in [1.82, 2.24) is 14.8 Å². The monoisotopic (exact) mass is 449 g/mol. The summed E-state index contributed by atoms with van der Waals surface area (Å²) >= 11 is 0. The van der Waals surface area contributed by atoms with Crippen LogP contribution < -0.4 is 9.47 Å². The number of aryl methyl sites for hydroxylation is 1. The van der Waals surface area contributed by atoms with E-state index in [2.05, 4.69) is 28.9 Å². The quantitative estimate of drug-likeness (QED) is 0.514. The van der Waals surface area contributed by atoms with Crippen molar-refractivity contribution in [3.63, 3.8) is 0 Å². The molecule has 174 valence electrons. The highest BCUT2D eigenvalue weighted by Crippen LogP contribution is 2.26. The predicted molar refractivity (Wildman–Crippen MR) is 126 cm³/mol. The Hall–Kier alpha value is -3.32. The number of aromatic nitrogens is 1. The Morgan fingerprint density at radius 2 is 1.76 bits per heavy atom. The minimum Gasteiger partial charge on any atom is -0.497 e. The predicted octanol–water partition coefficient (Wildman–Crippen LogP) is 4.20. The van der Waals surface area contributed by atoms with E-state index in [4.69, 9.17) is 13.9 Å². The molecule has 0 bridgehead atoms. The Bertz CT molecular complexity index is 1060. The zero-order chi connectivity index (χ0) is 23.2. The molecule has 1 unspecified atom stereocenters. The molecule has 1 aliphatic heterocycles. The molecule has 0 radical (unpaired) electrons. The summed E-state index contributed by atoms with van der Waals surface area (Å²) in [7, 11) is 3.33. The van der Waals surface area contributed by atoms with E-state index in [1.165, 1.54) is 5.56 Å². The Morgan fingerprint density at radius 3 is 2.45 bits per heavy atom. The summed E-state index contributed by atoms with van der Waals surface area (Å²) in [5.41, 5.74) is 2.16. The highest BCUT2D eigenvalue weighted by molar-refractivity contribution is 5.76. The molecule has 2 heterocycles. The van der Waals surface area contributed by atoms with Gasteiger partial charge in [-0.25, -0.2) is 4.98 Å². The van der Waals surface area contributed by atoms with Gasteiger partial charge in [-0.1, -0.05) is 12.1 Å². The molecule has 0 saturated carbocycles. The van der Waals surface area contributed by atoms with Gasteiger partial charge in [-0.3, -0.25) is 9.69 Å². The van der Waals surface area contributed by atoms with E-state index in [0.717, 1.165) is 43.2 Å². The molecule has 1 aromatic heterocycles. The Labute approximate surface area is 194 Å². The van der Waals surface area contributed by atoms with Crippen LogP contribution in [0.15, 0.2) is 59.1 Å². The van der Waals surface area contributed by atoms with Crippen molar-refractivity contribution < 1.29 is 18.7 Å². The second kappa shape index (κ2) is 10.5. The van der Waals surface area contributed by atoms with Crippen LogP contribution in [-0.2, 0) is 11.2 Å². The van der Waals surface area contributed by atoms with E-state index in [9.17, 15) is 4.79 Å². The first kappa shape index (κ1) is 22.9. The molecular formula is C26H31N3O4. The number of benzene rings is 2. The summed E-state index contributed by atoms with van der Waals surface area (Å²) in [5.74, 6) is 3.09. The lowest BCUT2D eigenvalue weighted by atomic mass is 10.1. The fourth-order valence-electron chi connectivity index (χ4n) is 4.16. The Kier molecular flexibility index (Phi) is 7.29. The van der Waals surface area contributed by atoms with Crippen LogP contribution in [0.25, 0.3) is 11.3 Å². The third-order valence-electron chi connectivity index (χ3n) is 6.27. The summed E-state index contributed by atoms with van der Waals surface area (Å²) in [6, 6.07) is 16.1. The van der Waals surface area contributed by atoms with Crippen LogP contribution in [0, 0.1) is 0 Å². The van der Waals surface area contributed by atoms with Gasteiger partial charge in [0.1, 0.15) is 11.5 Å². The average molecular weight is 450 g/mol. The smallest absolute Gasteiger partial charge is 0.223 e. The number of rotatable bonds is 8. The molecule has 1 amide bonds. The van der Waals surface area contributed by atoms with Gasteiger partial charge in [-0.05, 0) is 48.9 Å². The maximum absolute atomic E-state index is 12.8. The minimum atomic E-state index is 0.146. The second-order valence-electron chi connectivity index (χ2n) is 8.22. The van der Waals surface area contributed by atoms with Crippen LogP contribution in [0.2, 0.25) is 0 Å². The summed E-state index contributed by atoms with van der Waals surface area (Å²) in [5, 5.41) is 0. The van der Waals surface area contributed by atoms with E-state index in [1.807, 2.05) is 41.3 Å². The van der Waals surface area contributed by atoms with Gasteiger partial charge in [-0.2, -0.15) is 0 Å². The number of nitrogens with zero attached hydrogens (tertiary/aromatic N) is 3. The van der Waals surface area contributed by atoms with Crippen LogP contribution in [-0.4, -0.2) is 61.1 Å². The summed E-state index contributed by atoms with van der Waals surface area (Å²) in [4.78, 5) is 21.5. The largest absolute Gasteiger partial charge is 0.497 e. The molecule has 0 aliphatic carbocycles. The van der Waals surface area contributed by atoms with Gasteiger partial charge in [0.25, 0.3) is 0 Å². The molecule has 33 heavy (non-hydrogen) atoms. The van der Waals surface area contributed by atoms with Gasteiger partial charge in [0.2, 0.25) is 5.91 Å². The standard InChI is InChI=1S/C26H31N3O4/c1-19(21-5-4-6-23(17-21)32-3)28-13-15-29(16-14-28)26(30)12-11-25-27-18-24(33-25)20-7-9-22(31-2)10-8-20/h4-10,17-19H,11-16H2,1-3H3. The molecule has 0 N–H and O–H groups in total.